The highest BCUT2D eigenvalue weighted by Gasteiger charge is 2.32. The van der Waals surface area contributed by atoms with Crippen molar-refractivity contribution >= 4 is 5.97 Å². The van der Waals surface area contributed by atoms with E-state index in [2.05, 4.69) is 34.6 Å². The molecule has 0 saturated heterocycles. The van der Waals surface area contributed by atoms with Crippen molar-refractivity contribution in [1.82, 2.24) is 0 Å². The molecule has 0 aliphatic carbocycles. The topological polar surface area (TPSA) is 37.3 Å². The Kier molecular flexibility index (Phi) is 9.12. The summed E-state index contributed by atoms with van der Waals surface area (Å²) in [7, 11) is 0. The maximum Gasteiger partial charge on any atom is 0.306 e. The lowest BCUT2D eigenvalue weighted by molar-refractivity contribution is -0.145. The number of unbranched alkanes of at least 4 members (excludes halogenated alkanes) is 6. The number of carbonyl (C=O) groups is 1. The van der Waals surface area contributed by atoms with E-state index in [-0.39, 0.29) is 17.3 Å². The lowest BCUT2D eigenvalue weighted by Gasteiger charge is -2.32. The minimum Gasteiger partial charge on any atom is -0.481 e. The second-order valence-electron chi connectivity index (χ2n) is 7.01. The molecule has 0 heterocycles. The molecule has 1 N–H and O–H groups in total. The van der Waals surface area contributed by atoms with Gasteiger partial charge in [-0.05, 0) is 17.8 Å². The average Bonchev–Trinajstić information content (AvgIpc) is 2.30. The minimum atomic E-state index is -0.617. The van der Waals surface area contributed by atoms with Crippen LogP contribution < -0.4 is 0 Å². The first-order chi connectivity index (χ1) is 8.80. The molecule has 2 nitrogen and oxygen atoms in total. The lowest BCUT2D eigenvalue weighted by Crippen LogP contribution is -2.31. The van der Waals surface area contributed by atoms with Gasteiger partial charge in [0, 0.05) is 0 Å². The molecular formula is C17H34O2. The third-order valence-electron chi connectivity index (χ3n) is 4.41. The zero-order valence-corrected chi connectivity index (χ0v) is 13.7. The van der Waals surface area contributed by atoms with Crippen molar-refractivity contribution in [1.29, 1.82) is 0 Å². The number of rotatable bonds is 10. The Hall–Kier alpha value is -0.530. The molecule has 0 spiro atoms. The molecule has 0 bridgehead atoms. The van der Waals surface area contributed by atoms with E-state index in [4.69, 9.17) is 0 Å². The van der Waals surface area contributed by atoms with Crippen LogP contribution in [0.3, 0.4) is 0 Å². The van der Waals surface area contributed by atoms with Gasteiger partial charge in [-0.3, -0.25) is 4.79 Å². The molecular weight excluding hydrogens is 236 g/mol. The van der Waals surface area contributed by atoms with E-state index in [1.165, 1.54) is 38.5 Å². The van der Waals surface area contributed by atoms with Gasteiger partial charge in [-0.25, -0.2) is 0 Å². The summed E-state index contributed by atoms with van der Waals surface area (Å²) in [5.41, 5.74) is 0.0736. The molecule has 2 atom stereocenters. The first-order valence-electron chi connectivity index (χ1n) is 8.03. The number of aliphatic carboxylic acids is 1. The van der Waals surface area contributed by atoms with Crippen molar-refractivity contribution in [3.05, 3.63) is 0 Å². The van der Waals surface area contributed by atoms with Crippen LogP contribution in [0.15, 0.2) is 0 Å². The second-order valence-corrected chi connectivity index (χ2v) is 7.01. The van der Waals surface area contributed by atoms with E-state index >= 15 is 0 Å². The van der Waals surface area contributed by atoms with Gasteiger partial charge in [0.1, 0.15) is 0 Å². The van der Waals surface area contributed by atoms with Crippen LogP contribution in [-0.4, -0.2) is 11.1 Å². The number of carboxylic acids is 1. The van der Waals surface area contributed by atoms with E-state index < -0.39 is 5.97 Å². The van der Waals surface area contributed by atoms with Gasteiger partial charge in [-0.2, -0.15) is 0 Å². The Morgan fingerprint density at radius 1 is 1.00 bits per heavy atom. The maximum atomic E-state index is 11.4. The normalized spacial score (nSPS) is 15.2. The molecule has 114 valence electrons. The zero-order chi connectivity index (χ0) is 14.9. The predicted octanol–water partition coefficient (Wildman–Crippen LogP) is 5.51. The molecule has 2 unspecified atom stereocenters. The summed E-state index contributed by atoms with van der Waals surface area (Å²) in [6.45, 7) is 10.7. The largest absolute Gasteiger partial charge is 0.481 e. The molecule has 0 saturated carbocycles. The highest BCUT2D eigenvalue weighted by molar-refractivity contribution is 5.70. The average molecular weight is 270 g/mol. The maximum absolute atomic E-state index is 11.4. The van der Waals surface area contributed by atoms with Crippen molar-refractivity contribution in [2.75, 3.05) is 0 Å². The van der Waals surface area contributed by atoms with Crippen LogP contribution in [0.1, 0.15) is 86.0 Å². The first-order valence-corrected chi connectivity index (χ1v) is 8.03. The van der Waals surface area contributed by atoms with E-state index in [0.29, 0.717) is 0 Å². The Morgan fingerprint density at radius 3 is 1.89 bits per heavy atom. The number of hydrogen-bond acceptors (Lipinski definition) is 1. The fourth-order valence-electron chi connectivity index (χ4n) is 2.51. The van der Waals surface area contributed by atoms with E-state index in [1.807, 2.05) is 0 Å². The summed E-state index contributed by atoms with van der Waals surface area (Å²) in [6.07, 6.45) is 9.59. The van der Waals surface area contributed by atoms with E-state index in [0.717, 1.165) is 12.8 Å². The Bertz CT molecular complexity index is 240. The van der Waals surface area contributed by atoms with Crippen molar-refractivity contribution in [3.63, 3.8) is 0 Å². The summed E-state index contributed by atoms with van der Waals surface area (Å²) >= 11 is 0. The molecule has 0 aromatic heterocycles. The number of hydrogen-bond donors (Lipinski definition) is 1. The third kappa shape index (κ3) is 8.28. The SMILES string of the molecule is CCCCCCCCCC(C(=O)O)C(C)C(C)(C)C. The molecule has 0 aromatic rings. The van der Waals surface area contributed by atoms with Crippen LogP contribution in [0.25, 0.3) is 0 Å². The molecule has 0 rings (SSSR count). The predicted molar refractivity (Wildman–Crippen MR) is 82.4 cm³/mol. The van der Waals surface area contributed by atoms with Gasteiger partial charge < -0.3 is 5.11 Å². The molecule has 2 heteroatoms. The van der Waals surface area contributed by atoms with E-state index in [9.17, 15) is 9.90 Å². The molecule has 0 aromatic carbocycles. The number of carboxylic acid groups (broad SMARTS) is 1. The quantitative estimate of drug-likeness (QED) is 0.531. The molecule has 0 fully saturated rings. The molecule has 0 radical (unpaired) electrons. The van der Waals surface area contributed by atoms with E-state index in [1.54, 1.807) is 0 Å². The summed E-state index contributed by atoms with van der Waals surface area (Å²) in [5, 5.41) is 9.38. The summed E-state index contributed by atoms with van der Waals surface area (Å²) in [5.74, 6) is -0.575. The van der Waals surface area contributed by atoms with Crippen molar-refractivity contribution < 1.29 is 9.90 Å². The van der Waals surface area contributed by atoms with Gasteiger partial charge in [0.15, 0.2) is 0 Å². The second kappa shape index (κ2) is 9.39. The summed E-state index contributed by atoms with van der Waals surface area (Å²) < 4.78 is 0. The fourth-order valence-corrected chi connectivity index (χ4v) is 2.51. The Morgan fingerprint density at radius 2 is 1.47 bits per heavy atom. The van der Waals surface area contributed by atoms with Crippen LogP contribution >= 0.6 is 0 Å². The van der Waals surface area contributed by atoms with Crippen LogP contribution in [-0.2, 0) is 4.79 Å². The van der Waals surface area contributed by atoms with Gasteiger partial charge in [0.05, 0.1) is 5.92 Å². The molecule has 0 amide bonds. The fraction of sp³-hybridized carbons (Fsp3) is 0.941. The standard InChI is InChI=1S/C17H34O2/c1-6-7-8-9-10-11-12-13-15(16(18)19)14(2)17(3,4)5/h14-15H,6-13H2,1-5H3,(H,18,19). The van der Waals surface area contributed by atoms with Gasteiger partial charge in [0.2, 0.25) is 0 Å². The Labute approximate surface area is 120 Å². The lowest BCUT2D eigenvalue weighted by atomic mass is 9.72. The first kappa shape index (κ1) is 18.5. The minimum absolute atomic E-state index is 0.0736. The van der Waals surface area contributed by atoms with Gasteiger partial charge in [-0.1, -0.05) is 79.6 Å². The molecule has 19 heavy (non-hydrogen) atoms. The molecule has 0 aliphatic rings. The monoisotopic (exact) mass is 270 g/mol. The Balaban J connectivity index is 3.94. The van der Waals surface area contributed by atoms with Gasteiger partial charge >= 0.3 is 5.97 Å². The summed E-state index contributed by atoms with van der Waals surface area (Å²) in [4.78, 5) is 11.4. The van der Waals surface area contributed by atoms with Gasteiger partial charge in [-0.15, -0.1) is 0 Å². The highest BCUT2D eigenvalue weighted by Crippen LogP contribution is 2.34. The van der Waals surface area contributed by atoms with Gasteiger partial charge in [0.25, 0.3) is 0 Å². The zero-order valence-electron chi connectivity index (χ0n) is 13.7. The smallest absolute Gasteiger partial charge is 0.306 e. The third-order valence-corrected chi connectivity index (χ3v) is 4.41. The highest BCUT2D eigenvalue weighted by atomic mass is 16.4. The van der Waals surface area contributed by atoms with Crippen molar-refractivity contribution in [3.8, 4) is 0 Å². The van der Waals surface area contributed by atoms with Crippen LogP contribution in [0, 0.1) is 17.3 Å². The van der Waals surface area contributed by atoms with Crippen LogP contribution in [0.5, 0.6) is 0 Å². The van der Waals surface area contributed by atoms with Crippen LogP contribution in [0.4, 0.5) is 0 Å². The summed E-state index contributed by atoms with van der Waals surface area (Å²) in [6, 6.07) is 0. The molecule has 0 aliphatic heterocycles. The van der Waals surface area contributed by atoms with Crippen molar-refractivity contribution in [2.24, 2.45) is 17.3 Å². The van der Waals surface area contributed by atoms with Crippen LogP contribution in [0.2, 0.25) is 0 Å². The van der Waals surface area contributed by atoms with Crippen molar-refractivity contribution in [2.45, 2.75) is 86.0 Å².